The first kappa shape index (κ1) is 14.5. The molecule has 1 aliphatic rings. The summed E-state index contributed by atoms with van der Waals surface area (Å²) in [7, 11) is 1.94. The van der Waals surface area contributed by atoms with Gasteiger partial charge in [-0.25, -0.2) is 4.39 Å². The molecule has 19 heavy (non-hydrogen) atoms. The number of hydrogen-bond acceptors (Lipinski definition) is 2. The van der Waals surface area contributed by atoms with Gasteiger partial charge < -0.3 is 10.2 Å². The molecule has 0 radical (unpaired) electrons. The maximum Gasteiger partial charge on any atom is 0.256 e. The van der Waals surface area contributed by atoms with Gasteiger partial charge in [-0.2, -0.15) is 0 Å². The number of piperidine rings is 1. The largest absolute Gasteiger partial charge is 0.338 e. The Balaban J connectivity index is 2.11. The van der Waals surface area contributed by atoms with Crippen LogP contribution in [0.4, 0.5) is 4.39 Å². The van der Waals surface area contributed by atoms with Crippen LogP contribution >= 0.6 is 15.9 Å². The molecule has 1 heterocycles. The van der Waals surface area contributed by atoms with Crippen LogP contribution in [0.15, 0.2) is 22.7 Å². The van der Waals surface area contributed by atoms with Gasteiger partial charge in [0.05, 0.1) is 5.56 Å². The van der Waals surface area contributed by atoms with Crippen LogP contribution in [0.5, 0.6) is 0 Å². The van der Waals surface area contributed by atoms with E-state index in [1.807, 2.05) is 7.05 Å². The predicted octanol–water partition coefficient (Wildman–Crippen LogP) is 2.80. The van der Waals surface area contributed by atoms with Crippen molar-refractivity contribution >= 4 is 21.8 Å². The Morgan fingerprint density at radius 3 is 2.63 bits per heavy atom. The first-order chi connectivity index (χ1) is 8.95. The van der Waals surface area contributed by atoms with Crippen LogP contribution in [0.1, 0.15) is 30.1 Å². The Hall–Kier alpha value is -0.940. The summed E-state index contributed by atoms with van der Waals surface area (Å²) in [6.07, 6.45) is 1.76. The predicted molar refractivity (Wildman–Crippen MR) is 76.7 cm³/mol. The summed E-state index contributed by atoms with van der Waals surface area (Å²) in [4.78, 5) is 14.0. The Morgan fingerprint density at radius 2 is 2.05 bits per heavy atom. The Labute approximate surface area is 121 Å². The van der Waals surface area contributed by atoms with Gasteiger partial charge in [0.25, 0.3) is 5.91 Å². The second-order valence-electron chi connectivity index (χ2n) is 5.23. The SMILES string of the molecule is CNC1(C)CCN(C(=O)c2cc(Br)ccc2F)CC1. The molecule has 104 valence electrons. The molecule has 0 atom stereocenters. The normalized spacial score (nSPS) is 18.4. The number of hydrogen-bond donors (Lipinski definition) is 1. The molecular weight excluding hydrogens is 311 g/mol. The molecule has 0 spiro atoms. The fourth-order valence-corrected chi connectivity index (χ4v) is 2.65. The number of halogens is 2. The molecule has 0 saturated carbocycles. The quantitative estimate of drug-likeness (QED) is 0.905. The third kappa shape index (κ3) is 3.15. The molecule has 1 aromatic rings. The van der Waals surface area contributed by atoms with Gasteiger partial charge in [0.2, 0.25) is 0 Å². The first-order valence-electron chi connectivity index (χ1n) is 6.38. The smallest absolute Gasteiger partial charge is 0.256 e. The topological polar surface area (TPSA) is 32.3 Å². The van der Waals surface area contributed by atoms with Crippen molar-refractivity contribution in [1.29, 1.82) is 0 Å². The summed E-state index contributed by atoms with van der Waals surface area (Å²) < 4.78 is 14.4. The summed E-state index contributed by atoms with van der Waals surface area (Å²) in [5.41, 5.74) is 0.217. The third-order valence-electron chi connectivity index (χ3n) is 3.92. The van der Waals surface area contributed by atoms with Crippen LogP contribution < -0.4 is 5.32 Å². The molecule has 1 saturated heterocycles. The van der Waals surface area contributed by atoms with Crippen molar-refractivity contribution in [2.75, 3.05) is 20.1 Å². The summed E-state index contributed by atoms with van der Waals surface area (Å²) in [5, 5.41) is 3.28. The molecule has 5 heteroatoms. The molecule has 0 aliphatic carbocycles. The number of benzene rings is 1. The molecule has 1 N–H and O–H groups in total. The fraction of sp³-hybridized carbons (Fsp3) is 0.500. The highest BCUT2D eigenvalue weighted by molar-refractivity contribution is 9.10. The monoisotopic (exact) mass is 328 g/mol. The van der Waals surface area contributed by atoms with Crippen LogP contribution in [0.2, 0.25) is 0 Å². The molecule has 1 amide bonds. The van der Waals surface area contributed by atoms with Crippen LogP contribution in [0.25, 0.3) is 0 Å². The molecule has 0 bridgehead atoms. The van der Waals surface area contributed by atoms with E-state index in [1.54, 1.807) is 17.0 Å². The highest BCUT2D eigenvalue weighted by atomic mass is 79.9. The van der Waals surface area contributed by atoms with E-state index in [4.69, 9.17) is 0 Å². The van der Waals surface area contributed by atoms with Crippen molar-refractivity contribution in [2.45, 2.75) is 25.3 Å². The van der Waals surface area contributed by atoms with E-state index in [1.165, 1.54) is 6.07 Å². The van der Waals surface area contributed by atoms with Crippen molar-refractivity contribution in [3.05, 3.63) is 34.1 Å². The minimum absolute atomic E-state index is 0.0760. The number of amides is 1. The average molecular weight is 329 g/mol. The number of carbonyl (C=O) groups is 1. The standard InChI is InChI=1S/C14H18BrFN2O/c1-14(17-2)5-7-18(8-6-14)13(19)11-9-10(15)3-4-12(11)16/h3-4,9,17H,5-8H2,1-2H3. The molecule has 1 fully saturated rings. The van der Waals surface area contributed by atoms with Crippen LogP contribution in [0, 0.1) is 5.82 Å². The zero-order valence-corrected chi connectivity index (χ0v) is 12.8. The summed E-state index contributed by atoms with van der Waals surface area (Å²) in [5.74, 6) is -0.688. The van der Waals surface area contributed by atoms with Gasteiger partial charge in [-0.3, -0.25) is 4.79 Å². The molecule has 1 aromatic carbocycles. The summed E-state index contributed by atoms with van der Waals surface area (Å²) in [6.45, 7) is 3.46. The number of likely N-dealkylation sites (tertiary alicyclic amines) is 1. The Morgan fingerprint density at radius 1 is 1.42 bits per heavy atom. The van der Waals surface area contributed by atoms with Gasteiger partial charge in [0, 0.05) is 23.1 Å². The highest BCUT2D eigenvalue weighted by Crippen LogP contribution is 2.24. The third-order valence-corrected chi connectivity index (χ3v) is 4.41. The van der Waals surface area contributed by atoms with Gasteiger partial charge in [-0.1, -0.05) is 15.9 Å². The fourth-order valence-electron chi connectivity index (χ4n) is 2.29. The molecule has 0 unspecified atom stereocenters. The van der Waals surface area contributed by atoms with E-state index in [9.17, 15) is 9.18 Å². The average Bonchev–Trinajstić information content (AvgIpc) is 2.42. The van der Waals surface area contributed by atoms with E-state index < -0.39 is 5.82 Å². The second-order valence-corrected chi connectivity index (χ2v) is 6.14. The van der Waals surface area contributed by atoms with Crippen molar-refractivity contribution < 1.29 is 9.18 Å². The maximum atomic E-state index is 13.7. The lowest BCUT2D eigenvalue weighted by Gasteiger charge is -2.39. The van der Waals surface area contributed by atoms with Gasteiger partial charge in [-0.15, -0.1) is 0 Å². The highest BCUT2D eigenvalue weighted by Gasteiger charge is 2.31. The minimum Gasteiger partial charge on any atom is -0.338 e. The van der Waals surface area contributed by atoms with Crippen molar-refractivity contribution in [1.82, 2.24) is 10.2 Å². The van der Waals surface area contributed by atoms with Gasteiger partial charge in [0.1, 0.15) is 5.82 Å². The van der Waals surface area contributed by atoms with Crippen LogP contribution in [0.3, 0.4) is 0 Å². The number of nitrogens with one attached hydrogen (secondary N) is 1. The minimum atomic E-state index is -0.463. The zero-order chi connectivity index (χ0) is 14.0. The number of rotatable bonds is 2. The summed E-state index contributed by atoms with van der Waals surface area (Å²) >= 11 is 3.27. The second kappa shape index (κ2) is 5.59. The van der Waals surface area contributed by atoms with E-state index in [0.717, 1.165) is 12.8 Å². The van der Waals surface area contributed by atoms with E-state index in [2.05, 4.69) is 28.2 Å². The lowest BCUT2D eigenvalue weighted by molar-refractivity contribution is 0.0657. The molecule has 2 rings (SSSR count). The van der Waals surface area contributed by atoms with Gasteiger partial charge >= 0.3 is 0 Å². The van der Waals surface area contributed by atoms with Crippen LogP contribution in [-0.2, 0) is 0 Å². The lowest BCUT2D eigenvalue weighted by Crippen LogP contribution is -2.51. The maximum absolute atomic E-state index is 13.7. The van der Waals surface area contributed by atoms with Crippen molar-refractivity contribution in [3.8, 4) is 0 Å². The first-order valence-corrected chi connectivity index (χ1v) is 7.18. The van der Waals surface area contributed by atoms with Crippen molar-refractivity contribution in [2.24, 2.45) is 0 Å². The van der Waals surface area contributed by atoms with Gasteiger partial charge in [-0.05, 0) is 45.0 Å². The number of nitrogens with zero attached hydrogens (tertiary/aromatic N) is 1. The molecular formula is C14H18BrFN2O. The lowest BCUT2D eigenvalue weighted by atomic mass is 9.89. The van der Waals surface area contributed by atoms with Gasteiger partial charge in [0.15, 0.2) is 0 Å². The Bertz CT molecular complexity index is 484. The van der Waals surface area contributed by atoms with E-state index in [0.29, 0.717) is 17.6 Å². The molecule has 3 nitrogen and oxygen atoms in total. The van der Waals surface area contributed by atoms with Crippen LogP contribution in [-0.4, -0.2) is 36.5 Å². The molecule has 1 aliphatic heterocycles. The zero-order valence-electron chi connectivity index (χ0n) is 11.2. The van der Waals surface area contributed by atoms with E-state index in [-0.39, 0.29) is 17.0 Å². The number of carbonyl (C=O) groups excluding carboxylic acids is 1. The Kier molecular flexibility index (Phi) is 4.26. The van der Waals surface area contributed by atoms with Crippen molar-refractivity contribution in [3.63, 3.8) is 0 Å². The summed E-state index contributed by atoms with van der Waals surface area (Å²) in [6, 6.07) is 4.46. The molecule has 0 aromatic heterocycles. The van der Waals surface area contributed by atoms with E-state index >= 15 is 0 Å².